The van der Waals surface area contributed by atoms with Gasteiger partial charge in [-0.25, -0.2) is 4.79 Å². The molecule has 0 radical (unpaired) electrons. The summed E-state index contributed by atoms with van der Waals surface area (Å²) < 4.78 is 5.37. The van der Waals surface area contributed by atoms with Gasteiger partial charge in [-0.2, -0.15) is 0 Å². The van der Waals surface area contributed by atoms with Crippen LogP contribution in [0.25, 0.3) is 10.4 Å². The summed E-state index contributed by atoms with van der Waals surface area (Å²) in [4.78, 5) is 30.9. The molecule has 2 aliphatic heterocycles. The van der Waals surface area contributed by atoms with Crippen molar-refractivity contribution < 1.29 is 14.3 Å². The zero-order chi connectivity index (χ0) is 16.3. The van der Waals surface area contributed by atoms with Crippen LogP contribution >= 0.6 is 0 Å². The van der Waals surface area contributed by atoms with Crippen molar-refractivity contribution in [2.24, 2.45) is 5.11 Å². The fourth-order valence-corrected chi connectivity index (χ4v) is 2.94. The highest BCUT2D eigenvalue weighted by Crippen LogP contribution is 2.26. The lowest BCUT2D eigenvalue weighted by Gasteiger charge is -2.31. The normalized spacial score (nSPS) is 25.0. The average molecular weight is 309 g/mol. The second-order valence-corrected chi connectivity index (χ2v) is 6.69. The van der Waals surface area contributed by atoms with Gasteiger partial charge < -0.3 is 9.64 Å². The highest BCUT2D eigenvalue weighted by atomic mass is 16.6. The Labute approximate surface area is 130 Å². The Bertz CT molecular complexity index is 495. The standard InChI is InChI=1S/C14H23N5O3/c1-14(2,3)22-13(21)18-8-4-6-10(18)12(20)19-9-5-7-11(19)16-17-15/h10-11H,4-9H2,1-3H3/t10-,11?/m0/s1. The summed E-state index contributed by atoms with van der Waals surface area (Å²) in [5.74, 6) is -0.141. The quantitative estimate of drug-likeness (QED) is 0.445. The molecule has 0 bridgehead atoms. The number of ether oxygens (including phenoxy) is 1. The van der Waals surface area contributed by atoms with Crippen molar-refractivity contribution in [3.8, 4) is 0 Å². The molecule has 8 heteroatoms. The molecular formula is C14H23N5O3. The highest BCUT2D eigenvalue weighted by Gasteiger charge is 2.41. The molecule has 2 saturated heterocycles. The van der Waals surface area contributed by atoms with Crippen LogP contribution in [0.1, 0.15) is 46.5 Å². The molecule has 0 aliphatic carbocycles. The van der Waals surface area contributed by atoms with E-state index in [1.54, 1.807) is 25.7 Å². The fraction of sp³-hybridized carbons (Fsp3) is 0.857. The minimum absolute atomic E-state index is 0.141. The van der Waals surface area contributed by atoms with Crippen molar-refractivity contribution in [1.82, 2.24) is 9.80 Å². The first-order chi connectivity index (χ1) is 10.3. The second-order valence-electron chi connectivity index (χ2n) is 6.69. The predicted octanol–water partition coefficient (Wildman–Crippen LogP) is 2.64. The van der Waals surface area contributed by atoms with Crippen LogP contribution in [0.4, 0.5) is 4.79 Å². The lowest BCUT2D eigenvalue weighted by Crippen LogP contribution is -2.49. The van der Waals surface area contributed by atoms with Crippen LogP contribution in [-0.4, -0.2) is 52.7 Å². The summed E-state index contributed by atoms with van der Waals surface area (Å²) in [5.41, 5.74) is 8.01. The van der Waals surface area contributed by atoms with Crippen LogP contribution < -0.4 is 0 Å². The molecule has 1 unspecified atom stereocenters. The van der Waals surface area contributed by atoms with Crippen molar-refractivity contribution in [2.75, 3.05) is 13.1 Å². The summed E-state index contributed by atoms with van der Waals surface area (Å²) in [6.07, 6.45) is 2.00. The first-order valence-corrected chi connectivity index (χ1v) is 7.68. The Morgan fingerprint density at radius 2 is 1.82 bits per heavy atom. The molecule has 0 aromatic rings. The third-order valence-corrected chi connectivity index (χ3v) is 3.85. The molecule has 2 heterocycles. The minimum atomic E-state index is -0.589. The van der Waals surface area contributed by atoms with Gasteiger partial charge in [0.25, 0.3) is 0 Å². The molecule has 2 amide bonds. The van der Waals surface area contributed by atoms with Crippen LogP contribution in [0.15, 0.2) is 5.11 Å². The third-order valence-electron chi connectivity index (χ3n) is 3.85. The lowest BCUT2D eigenvalue weighted by molar-refractivity contribution is -0.136. The van der Waals surface area contributed by atoms with Gasteiger partial charge in [-0.05, 0) is 52.0 Å². The molecule has 2 aliphatic rings. The maximum atomic E-state index is 12.7. The Hall–Kier alpha value is -1.95. The van der Waals surface area contributed by atoms with Gasteiger partial charge in [0.1, 0.15) is 17.8 Å². The van der Waals surface area contributed by atoms with Crippen molar-refractivity contribution in [3.63, 3.8) is 0 Å². The molecule has 2 rings (SSSR count). The van der Waals surface area contributed by atoms with Crippen LogP contribution in [0.2, 0.25) is 0 Å². The van der Waals surface area contributed by atoms with Crippen LogP contribution in [0.5, 0.6) is 0 Å². The Morgan fingerprint density at radius 3 is 2.45 bits per heavy atom. The topological polar surface area (TPSA) is 98.6 Å². The van der Waals surface area contributed by atoms with Gasteiger partial charge in [-0.15, -0.1) is 0 Å². The summed E-state index contributed by atoms with van der Waals surface area (Å²) in [6.45, 7) is 6.49. The molecular weight excluding hydrogens is 286 g/mol. The highest BCUT2D eigenvalue weighted by molar-refractivity contribution is 5.86. The Morgan fingerprint density at radius 1 is 1.18 bits per heavy atom. The first kappa shape index (κ1) is 16.4. The van der Waals surface area contributed by atoms with E-state index in [4.69, 9.17) is 10.3 Å². The summed E-state index contributed by atoms with van der Waals surface area (Å²) in [6, 6.07) is -0.510. The van der Waals surface area contributed by atoms with E-state index in [1.807, 2.05) is 0 Å². The molecule has 0 aromatic carbocycles. The molecule has 0 aromatic heterocycles. The van der Waals surface area contributed by atoms with E-state index in [1.165, 1.54) is 4.90 Å². The van der Waals surface area contributed by atoms with Crippen molar-refractivity contribution in [3.05, 3.63) is 10.4 Å². The zero-order valence-corrected chi connectivity index (χ0v) is 13.4. The summed E-state index contributed by atoms with van der Waals surface area (Å²) in [7, 11) is 0. The SMILES string of the molecule is CC(C)(C)OC(=O)N1CCC[C@H]1C(=O)N1CCCC1N=[N+]=[N-]. The zero-order valence-electron chi connectivity index (χ0n) is 13.4. The number of nitrogens with zero attached hydrogens (tertiary/aromatic N) is 5. The lowest BCUT2D eigenvalue weighted by atomic mass is 10.2. The minimum Gasteiger partial charge on any atom is -0.444 e. The molecule has 2 fully saturated rings. The Balaban J connectivity index is 2.08. The summed E-state index contributed by atoms with van der Waals surface area (Å²) in [5, 5.41) is 3.68. The third kappa shape index (κ3) is 3.62. The van der Waals surface area contributed by atoms with Gasteiger partial charge >= 0.3 is 6.09 Å². The monoisotopic (exact) mass is 309 g/mol. The molecule has 2 atom stereocenters. The fourth-order valence-electron chi connectivity index (χ4n) is 2.94. The van der Waals surface area contributed by atoms with E-state index in [9.17, 15) is 9.59 Å². The van der Waals surface area contributed by atoms with Gasteiger partial charge in [0, 0.05) is 18.0 Å². The van der Waals surface area contributed by atoms with Gasteiger partial charge in [0.15, 0.2) is 0 Å². The molecule has 0 spiro atoms. The predicted molar refractivity (Wildman–Crippen MR) is 79.8 cm³/mol. The van der Waals surface area contributed by atoms with Crippen LogP contribution in [0.3, 0.4) is 0 Å². The van der Waals surface area contributed by atoms with Gasteiger partial charge in [0.2, 0.25) is 5.91 Å². The van der Waals surface area contributed by atoms with E-state index >= 15 is 0 Å². The van der Waals surface area contributed by atoms with Gasteiger partial charge in [-0.1, -0.05) is 5.11 Å². The molecule has 8 nitrogen and oxygen atoms in total. The average Bonchev–Trinajstić information content (AvgIpc) is 3.04. The van der Waals surface area contributed by atoms with E-state index in [-0.39, 0.29) is 5.91 Å². The smallest absolute Gasteiger partial charge is 0.410 e. The summed E-state index contributed by atoms with van der Waals surface area (Å²) >= 11 is 0. The number of azide groups is 1. The molecule has 0 saturated carbocycles. The van der Waals surface area contributed by atoms with Crippen LogP contribution in [0, 0.1) is 0 Å². The number of likely N-dealkylation sites (tertiary alicyclic amines) is 2. The number of hydrogen-bond acceptors (Lipinski definition) is 4. The maximum Gasteiger partial charge on any atom is 0.410 e. The molecule has 122 valence electrons. The van der Waals surface area contributed by atoms with Crippen molar-refractivity contribution >= 4 is 12.0 Å². The van der Waals surface area contributed by atoms with E-state index < -0.39 is 23.9 Å². The molecule has 22 heavy (non-hydrogen) atoms. The number of rotatable bonds is 2. The number of carbonyl (C=O) groups is 2. The van der Waals surface area contributed by atoms with E-state index in [0.29, 0.717) is 25.9 Å². The molecule has 0 N–H and O–H groups in total. The van der Waals surface area contributed by atoms with E-state index in [0.717, 1.165) is 12.8 Å². The van der Waals surface area contributed by atoms with Crippen molar-refractivity contribution in [2.45, 2.75) is 64.3 Å². The number of hydrogen-bond donors (Lipinski definition) is 0. The number of carbonyl (C=O) groups excluding carboxylic acids is 2. The first-order valence-electron chi connectivity index (χ1n) is 7.68. The van der Waals surface area contributed by atoms with E-state index in [2.05, 4.69) is 10.0 Å². The van der Waals surface area contributed by atoms with Crippen LogP contribution in [-0.2, 0) is 9.53 Å². The van der Waals surface area contributed by atoms with Crippen molar-refractivity contribution in [1.29, 1.82) is 0 Å². The van der Waals surface area contributed by atoms with Gasteiger partial charge in [0.05, 0.1) is 0 Å². The maximum absolute atomic E-state index is 12.7. The van der Waals surface area contributed by atoms with Gasteiger partial charge in [-0.3, -0.25) is 9.69 Å². The Kier molecular flexibility index (Phi) is 4.81. The number of amides is 2. The largest absolute Gasteiger partial charge is 0.444 e. The second kappa shape index (κ2) is 6.44.